The van der Waals surface area contributed by atoms with Crippen LogP contribution in [0.4, 0.5) is 0 Å². The number of nitrogens with one attached hydrogen (secondary N) is 2. The molecule has 0 aromatic heterocycles. The maximum Gasteiger partial charge on any atom is 0.279 e. The van der Waals surface area contributed by atoms with Gasteiger partial charge in [-0.25, -0.2) is 4.72 Å². The lowest BCUT2D eigenvalue weighted by Gasteiger charge is -2.18. The Hall–Kier alpha value is -0.170. The van der Waals surface area contributed by atoms with Crippen molar-refractivity contribution in [1.82, 2.24) is 14.3 Å². The molecule has 0 aliphatic carbocycles. The monoisotopic (exact) mass is 223 g/mol. The van der Waals surface area contributed by atoms with Gasteiger partial charge in [0.25, 0.3) is 10.2 Å². The Morgan fingerprint density at radius 2 is 1.93 bits per heavy atom. The molecule has 0 heterocycles. The van der Waals surface area contributed by atoms with Gasteiger partial charge in [-0.3, -0.25) is 0 Å². The van der Waals surface area contributed by atoms with E-state index in [0.717, 1.165) is 6.54 Å². The average Bonchev–Trinajstić information content (AvgIpc) is 2.14. The van der Waals surface area contributed by atoms with E-state index in [9.17, 15) is 8.42 Å². The summed E-state index contributed by atoms with van der Waals surface area (Å²) >= 11 is 0. The molecule has 0 aliphatic heterocycles. The van der Waals surface area contributed by atoms with E-state index in [-0.39, 0.29) is 6.04 Å². The molecule has 0 saturated heterocycles. The molecule has 0 radical (unpaired) electrons. The van der Waals surface area contributed by atoms with Gasteiger partial charge in [-0.15, -0.1) is 0 Å². The lowest BCUT2D eigenvalue weighted by atomic mass is 10.3. The molecule has 1 atom stereocenters. The first kappa shape index (κ1) is 13.8. The predicted molar refractivity (Wildman–Crippen MR) is 58.4 cm³/mol. The quantitative estimate of drug-likeness (QED) is 0.627. The van der Waals surface area contributed by atoms with Crippen molar-refractivity contribution in [2.24, 2.45) is 0 Å². The standard InChI is InChI=1S/C8H21N3O2S/c1-5-9-8(3)7-10-14(12,13)11(4)6-2/h8-10H,5-7H2,1-4H3/t8-/m1/s1. The highest BCUT2D eigenvalue weighted by molar-refractivity contribution is 7.87. The van der Waals surface area contributed by atoms with Crippen molar-refractivity contribution < 1.29 is 8.42 Å². The Morgan fingerprint density at radius 3 is 2.36 bits per heavy atom. The van der Waals surface area contributed by atoms with Crippen LogP contribution in [-0.4, -0.2) is 45.4 Å². The summed E-state index contributed by atoms with van der Waals surface area (Å²) in [6, 6.07) is 0.153. The second kappa shape index (κ2) is 6.34. The molecular formula is C8H21N3O2S. The van der Waals surface area contributed by atoms with Gasteiger partial charge in [0.2, 0.25) is 0 Å². The van der Waals surface area contributed by atoms with Gasteiger partial charge in [-0.2, -0.15) is 12.7 Å². The van der Waals surface area contributed by atoms with Crippen molar-refractivity contribution >= 4 is 10.2 Å². The first-order chi connectivity index (χ1) is 6.44. The van der Waals surface area contributed by atoms with Gasteiger partial charge in [-0.05, 0) is 13.5 Å². The Labute approximate surface area is 87.0 Å². The molecule has 0 rings (SSSR count). The third kappa shape index (κ3) is 4.90. The van der Waals surface area contributed by atoms with Crippen LogP contribution in [0.3, 0.4) is 0 Å². The van der Waals surface area contributed by atoms with E-state index >= 15 is 0 Å². The number of hydrogen-bond donors (Lipinski definition) is 2. The van der Waals surface area contributed by atoms with Gasteiger partial charge in [0, 0.05) is 26.2 Å². The van der Waals surface area contributed by atoms with E-state index in [4.69, 9.17) is 0 Å². The normalized spacial score (nSPS) is 14.6. The molecule has 14 heavy (non-hydrogen) atoms. The summed E-state index contributed by atoms with van der Waals surface area (Å²) in [6.07, 6.45) is 0. The third-order valence-corrected chi connectivity index (χ3v) is 3.59. The number of rotatable bonds is 7. The number of hydrogen-bond acceptors (Lipinski definition) is 3. The summed E-state index contributed by atoms with van der Waals surface area (Å²) in [5, 5.41) is 3.13. The van der Waals surface area contributed by atoms with E-state index in [0.29, 0.717) is 13.1 Å². The summed E-state index contributed by atoms with van der Waals surface area (Å²) in [7, 11) is -1.72. The van der Waals surface area contributed by atoms with Crippen LogP contribution in [0.1, 0.15) is 20.8 Å². The lowest BCUT2D eigenvalue weighted by molar-refractivity contribution is 0.463. The topological polar surface area (TPSA) is 61.4 Å². The van der Waals surface area contributed by atoms with Crippen LogP contribution < -0.4 is 10.0 Å². The van der Waals surface area contributed by atoms with Crippen molar-refractivity contribution in [2.45, 2.75) is 26.8 Å². The third-order valence-electron chi connectivity index (χ3n) is 1.98. The van der Waals surface area contributed by atoms with E-state index in [1.807, 2.05) is 13.8 Å². The van der Waals surface area contributed by atoms with Crippen LogP contribution in [0.25, 0.3) is 0 Å². The molecular weight excluding hydrogens is 202 g/mol. The van der Waals surface area contributed by atoms with Gasteiger partial charge in [-0.1, -0.05) is 13.8 Å². The van der Waals surface area contributed by atoms with Gasteiger partial charge in [0.15, 0.2) is 0 Å². The molecule has 0 spiro atoms. The van der Waals surface area contributed by atoms with Crippen LogP contribution in [0, 0.1) is 0 Å². The van der Waals surface area contributed by atoms with Crippen molar-refractivity contribution in [3.63, 3.8) is 0 Å². The van der Waals surface area contributed by atoms with Crippen LogP contribution >= 0.6 is 0 Å². The van der Waals surface area contributed by atoms with E-state index in [1.54, 1.807) is 14.0 Å². The summed E-state index contributed by atoms with van der Waals surface area (Å²) in [4.78, 5) is 0. The van der Waals surface area contributed by atoms with Gasteiger partial charge in [0.1, 0.15) is 0 Å². The molecule has 0 bridgehead atoms. The fourth-order valence-corrected chi connectivity index (χ4v) is 1.95. The predicted octanol–water partition coefficient (Wildman–Crippen LogP) is -0.229. The molecule has 0 aliphatic rings. The van der Waals surface area contributed by atoms with E-state index < -0.39 is 10.2 Å². The van der Waals surface area contributed by atoms with Crippen LogP contribution in [0.5, 0.6) is 0 Å². The molecule has 0 saturated carbocycles. The molecule has 5 nitrogen and oxygen atoms in total. The minimum Gasteiger partial charge on any atom is -0.313 e. The van der Waals surface area contributed by atoms with Gasteiger partial charge in [0.05, 0.1) is 0 Å². The molecule has 86 valence electrons. The largest absolute Gasteiger partial charge is 0.313 e. The average molecular weight is 223 g/mol. The SMILES string of the molecule is CCN[C@H](C)CNS(=O)(=O)N(C)CC. The molecule has 0 unspecified atom stereocenters. The van der Waals surface area contributed by atoms with Crippen molar-refractivity contribution in [3.05, 3.63) is 0 Å². The maximum absolute atomic E-state index is 11.5. The van der Waals surface area contributed by atoms with Crippen LogP contribution in [-0.2, 0) is 10.2 Å². The molecule has 6 heteroatoms. The summed E-state index contributed by atoms with van der Waals surface area (Å²) in [5.74, 6) is 0. The zero-order valence-electron chi connectivity index (χ0n) is 9.37. The molecule has 0 aromatic carbocycles. The Balaban J connectivity index is 4.00. The first-order valence-electron chi connectivity index (χ1n) is 4.88. The van der Waals surface area contributed by atoms with Gasteiger partial charge < -0.3 is 5.32 Å². The fraction of sp³-hybridized carbons (Fsp3) is 1.00. The second-order valence-corrected chi connectivity index (χ2v) is 5.09. The Kier molecular flexibility index (Phi) is 6.26. The summed E-state index contributed by atoms with van der Waals surface area (Å²) in [5.41, 5.74) is 0. The van der Waals surface area contributed by atoms with E-state index in [1.165, 1.54) is 4.31 Å². The smallest absolute Gasteiger partial charge is 0.279 e. The number of nitrogens with zero attached hydrogens (tertiary/aromatic N) is 1. The van der Waals surface area contributed by atoms with Crippen molar-refractivity contribution in [1.29, 1.82) is 0 Å². The lowest BCUT2D eigenvalue weighted by Crippen LogP contribution is -2.44. The van der Waals surface area contributed by atoms with Crippen LogP contribution in [0.2, 0.25) is 0 Å². The van der Waals surface area contributed by atoms with Crippen LogP contribution in [0.15, 0.2) is 0 Å². The number of likely N-dealkylation sites (N-methyl/N-ethyl adjacent to an activating group) is 1. The van der Waals surface area contributed by atoms with Crippen molar-refractivity contribution in [3.8, 4) is 0 Å². The Morgan fingerprint density at radius 1 is 1.36 bits per heavy atom. The second-order valence-electron chi connectivity index (χ2n) is 3.23. The minimum absolute atomic E-state index is 0.153. The minimum atomic E-state index is -3.28. The highest BCUT2D eigenvalue weighted by Crippen LogP contribution is 1.92. The Bertz CT molecular complexity index is 241. The summed E-state index contributed by atoms with van der Waals surface area (Å²) < 4.78 is 26.7. The van der Waals surface area contributed by atoms with E-state index in [2.05, 4.69) is 10.0 Å². The molecule has 0 amide bonds. The summed E-state index contributed by atoms with van der Waals surface area (Å²) in [6.45, 7) is 7.46. The molecule has 0 fully saturated rings. The zero-order chi connectivity index (χ0) is 11.2. The first-order valence-corrected chi connectivity index (χ1v) is 6.32. The fourth-order valence-electron chi connectivity index (χ4n) is 0.931. The molecule has 2 N–H and O–H groups in total. The zero-order valence-corrected chi connectivity index (χ0v) is 10.2. The van der Waals surface area contributed by atoms with Gasteiger partial charge >= 0.3 is 0 Å². The molecule has 0 aromatic rings. The van der Waals surface area contributed by atoms with Crippen molar-refractivity contribution in [2.75, 3.05) is 26.7 Å². The highest BCUT2D eigenvalue weighted by Gasteiger charge is 2.15. The highest BCUT2D eigenvalue weighted by atomic mass is 32.2. The maximum atomic E-state index is 11.5.